The molecule has 0 radical (unpaired) electrons. The highest BCUT2D eigenvalue weighted by atomic mass is 16.5. The van der Waals surface area contributed by atoms with Gasteiger partial charge >= 0.3 is 0 Å². The van der Waals surface area contributed by atoms with Crippen LogP contribution in [0.3, 0.4) is 0 Å². The van der Waals surface area contributed by atoms with Gasteiger partial charge in [0.1, 0.15) is 5.75 Å². The van der Waals surface area contributed by atoms with Gasteiger partial charge in [-0.1, -0.05) is 45.9 Å². The van der Waals surface area contributed by atoms with Crippen molar-refractivity contribution in [3.63, 3.8) is 0 Å². The first-order valence-corrected chi connectivity index (χ1v) is 7.88. The summed E-state index contributed by atoms with van der Waals surface area (Å²) in [5, 5.41) is 3.09. The van der Waals surface area contributed by atoms with Crippen molar-refractivity contribution < 1.29 is 9.53 Å². The Bertz CT molecular complexity index is 494. The summed E-state index contributed by atoms with van der Waals surface area (Å²) >= 11 is 0. The molecule has 1 aromatic carbocycles. The molecule has 1 unspecified atom stereocenters. The zero-order valence-corrected chi connectivity index (χ0v) is 13.6. The zero-order chi connectivity index (χ0) is 15.5. The van der Waals surface area contributed by atoms with Crippen LogP contribution in [-0.2, 0) is 4.79 Å². The third-order valence-corrected chi connectivity index (χ3v) is 4.23. The van der Waals surface area contributed by atoms with Crippen LogP contribution in [0.5, 0.6) is 5.75 Å². The van der Waals surface area contributed by atoms with Gasteiger partial charge in [0.25, 0.3) is 5.91 Å². The number of hydrogen-bond acceptors (Lipinski definition) is 2. The average Bonchev–Trinajstić information content (AvgIpc) is 2.75. The number of benzene rings is 1. The van der Waals surface area contributed by atoms with Gasteiger partial charge in [-0.05, 0) is 42.2 Å². The number of carbonyl (C=O) groups is 1. The Balaban J connectivity index is 1.85. The molecule has 3 heteroatoms. The van der Waals surface area contributed by atoms with Gasteiger partial charge < -0.3 is 10.1 Å². The molecule has 0 aliphatic heterocycles. The number of hydrogen-bond donors (Lipinski definition) is 1. The van der Waals surface area contributed by atoms with Gasteiger partial charge in [-0.25, -0.2) is 0 Å². The predicted molar refractivity (Wildman–Crippen MR) is 85.6 cm³/mol. The average molecular weight is 289 g/mol. The molecular formula is C18H27NO2. The maximum atomic E-state index is 12.0. The summed E-state index contributed by atoms with van der Waals surface area (Å²) in [5.74, 6) is 1.19. The topological polar surface area (TPSA) is 38.3 Å². The van der Waals surface area contributed by atoms with Crippen molar-refractivity contribution in [2.24, 2.45) is 5.41 Å². The van der Waals surface area contributed by atoms with Crippen LogP contribution >= 0.6 is 0 Å². The van der Waals surface area contributed by atoms with E-state index in [1.165, 1.54) is 6.42 Å². The summed E-state index contributed by atoms with van der Waals surface area (Å²) in [6.45, 7) is 8.87. The molecule has 0 spiro atoms. The quantitative estimate of drug-likeness (QED) is 0.893. The number of ether oxygens (including phenoxy) is 1. The van der Waals surface area contributed by atoms with Crippen LogP contribution in [0.1, 0.15) is 58.4 Å². The maximum absolute atomic E-state index is 12.0. The highest BCUT2D eigenvalue weighted by molar-refractivity contribution is 5.77. The van der Waals surface area contributed by atoms with Crippen molar-refractivity contribution in [1.29, 1.82) is 0 Å². The molecule has 1 N–H and O–H groups in total. The monoisotopic (exact) mass is 289 g/mol. The van der Waals surface area contributed by atoms with E-state index in [1.54, 1.807) is 0 Å². The summed E-state index contributed by atoms with van der Waals surface area (Å²) in [6.07, 6.45) is 3.30. The Hall–Kier alpha value is -1.51. The van der Waals surface area contributed by atoms with Crippen molar-refractivity contribution in [2.45, 2.75) is 58.9 Å². The first-order chi connectivity index (χ1) is 9.87. The molecule has 0 saturated heterocycles. The van der Waals surface area contributed by atoms with Crippen LogP contribution in [0.15, 0.2) is 24.3 Å². The van der Waals surface area contributed by atoms with Crippen LogP contribution < -0.4 is 10.1 Å². The molecule has 3 nitrogen and oxygen atoms in total. The van der Waals surface area contributed by atoms with E-state index in [0.29, 0.717) is 17.4 Å². The molecular weight excluding hydrogens is 262 g/mol. The van der Waals surface area contributed by atoms with Crippen LogP contribution in [0.4, 0.5) is 0 Å². The van der Waals surface area contributed by atoms with Gasteiger partial charge in [0.2, 0.25) is 0 Å². The van der Waals surface area contributed by atoms with Crippen molar-refractivity contribution in [3.8, 4) is 5.75 Å². The van der Waals surface area contributed by atoms with E-state index in [-0.39, 0.29) is 12.5 Å². The Morgan fingerprint density at radius 2 is 2.10 bits per heavy atom. The molecule has 21 heavy (non-hydrogen) atoms. The largest absolute Gasteiger partial charge is 0.483 e. The van der Waals surface area contributed by atoms with Crippen LogP contribution in [0.2, 0.25) is 0 Å². The molecule has 1 aromatic rings. The van der Waals surface area contributed by atoms with Gasteiger partial charge in [0, 0.05) is 6.04 Å². The summed E-state index contributed by atoms with van der Waals surface area (Å²) in [4.78, 5) is 12.0. The van der Waals surface area contributed by atoms with Gasteiger partial charge in [-0.15, -0.1) is 0 Å². The maximum Gasteiger partial charge on any atom is 0.258 e. The lowest BCUT2D eigenvalue weighted by molar-refractivity contribution is -0.123. The van der Waals surface area contributed by atoms with E-state index in [4.69, 9.17) is 4.74 Å². The van der Waals surface area contributed by atoms with Gasteiger partial charge in [-0.2, -0.15) is 0 Å². The normalized spacial score (nSPS) is 20.5. The molecule has 116 valence electrons. The molecule has 1 saturated carbocycles. The van der Waals surface area contributed by atoms with E-state index in [0.717, 1.165) is 24.2 Å². The van der Waals surface area contributed by atoms with Crippen LogP contribution in [0, 0.1) is 5.41 Å². The highest BCUT2D eigenvalue weighted by Gasteiger charge is 2.31. The number of amides is 1. The first-order valence-electron chi connectivity index (χ1n) is 7.88. The molecule has 0 bridgehead atoms. The summed E-state index contributed by atoms with van der Waals surface area (Å²) < 4.78 is 5.71. The standard InChI is InChI=1S/C18H27NO2/c1-13(2)15-7-5-6-8-16(15)21-12-17(20)19-14-9-10-18(3,4)11-14/h5-8,13-14H,9-12H2,1-4H3,(H,19,20). The Morgan fingerprint density at radius 1 is 1.38 bits per heavy atom. The highest BCUT2D eigenvalue weighted by Crippen LogP contribution is 2.36. The predicted octanol–water partition coefficient (Wildman–Crippen LogP) is 3.88. The lowest BCUT2D eigenvalue weighted by atomic mass is 9.92. The van der Waals surface area contributed by atoms with E-state index < -0.39 is 0 Å². The summed E-state index contributed by atoms with van der Waals surface area (Å²) in [5.41, 5.74) is 1.50. The van der Waals surface area contributed by atoms with E-state index >= 15 is 0 Å². The number of para-hydroxylation sites is 1. The zero-order valence-electron chi connectivity index (χ0n) is 13.6. The number of carbonyl (C=O) groups excluding carboxylic acids is 1. The van der Waals surface area contributed by atoms with E-state index in [2.05, 4.69) is 39.1 Å². The molecule has 0 heterocycles. The molecule has 1 amide bonds. The molecule has 1 aliphatic carbocycles. The van der Waals surface area contributed by atoms with Gasteiger partial charge in [0.15, 0.2) is 6.61 Å². The van der Waals surface area contributed by atoms with Crippen molar-refractivity contribution in [2.75, 3.05) is 6.61 Å². The Labute approximate surface area is 128 Å². The first kappa shape index (κ1) is 15.9. The Kier molecular flexibility index (Phi) is 4.92. The van der Waals surface area contributed by atoms with Crippen molar-refractivity contribution in [1.82, 2.24) is 5.32 Å². The minimum Gasteiger partial charge on any atom is -0.483 e. The van der Waals surface area contributed by atoms with Gasteiger partial charge in [0.05, 0.1) is 0 Å². The second kappa shape index (κ2) is 6.50. The smallest absolute Gasteiger partial charge is 0.258 e. The number of rotatable bonds is 5. The van der Waals surface area contributed by atoms with Crippen LogP contribution in [0.25, 0.3) is 0 Å². The molecule has 1 aliphatic rings. The minimum absolute atomic E-state index is 0.0174. The van der Waals surface area contributed by atoms with Crippen molar-refractivity contribution in [3.05, 3.63) is 29.8 Å². The molecule has 1 fully saturated rings. The SMILES string of the molecule is CC(C)c1ccccc1OCC(=O)NC1CCC(C)(C)C1. The fraction of sp³-hybridized carbons (Fsp3) is 0.611. The lowest BCUT2D eigenvalue weighted by Crippen LogP contribution is -2.36. The molecule has 0 aromatic heterocycles. The molecule has 2 rings (SSSR count). The Morgan fingerprint density at radius 3 is 2.71 bits per heavy atom. The lowest BCUT2D eigenvalue weighted by Gasteiger charge is -2.18. The third kappa shape index (κ3) is 4.48. The fourth-order valence-corrected chi connectivity index (χ4v) is 3.06. The fourth-order valence-electron chi connectivity index (χ4n) is 3.06. The second-order valence-electron chi connectivity index (χ2n) is 7.15. The molecule has 1 atom stereocenters. The minimum atomic E-state index is -0.0174. The summed E-state index contributed by atoms with van der Waals surface area (Å²) in [6, 6.07) is 8.23. The van der Waals surface area contributed by atoms with Crippen molar-refractivity contribution >= 4 is 5.91 Å². The number of nitrogens with one attached hydrogen (secondary N) is 1. The summed E-state index contributed by atoms with van der Waals surface area (Å²) in [7, 11) is 0. The van der Waals surface area contributed by atoms with E-state index in [1.807, 2.05) is 18.2 Å². The van der Waals surface area contributed by atoms with Crippen LogP contribution in [-0.4, -0.2) is 18.6 Å². The third-order valence-electron chi connectivity index (χ3n) is 4.23. The second-order valence-corrected chi connectivity index (χ2v) is 7.15. The van der Waals surface area contributed by atoms with E-state index in [9.17, 15) is 4.79 Å². The van der Waals surface area contributed by atoms with Gasteiger partial charge in [-0.3, -0.25) is 4.79 Å².